The van der Waals surface area contributed by atoms with Crippen molar-refractivity contribution in [2.24, 2.45) is 0 Å². The minimum Gasteiger partial charge on any atom is -0.489 e. The van der Waals surface area contributed by atoms with Crippen LogP contribution in [0.25, 0.3) is 0 Å². The Morgan fingerprint density at radius 1 is 1.04 bits per heavy atom. The van der Waals surface area contributed by atoms with Gasteiger partial charge in [0.15, 0.2) is 0 Å². The average molecular weight is 369 g/mol. The molecule has 2 aromatic rings. The maximum absolute atomic E-state index is 14.1. The van der Waals surface area contributed by atoms with E-state index in [-0.39, 0.29) is 12.2 Å². The Hall–Kier alpha value is -2.48. The molecule has 0 bridgehead atoms. The summed E-state index contributed by atoms with van der Waals surface area (Å²) in [4.78, 5) is 11.7. The Labute approximate surface area is 144 Å². The van der Waals surface area contributed by atoms with E-state index in [0.717, 1.165) is 23.4 Å². The molecular weight excluding hydrogens is 352 g/mol. The van der Waals surface area contributed by atoms with Crippen molar-refractivity contribution in [3.63, 3.8) is 0 Å². The van der Waals surface area contributed by atoms with Crippen LogP contribution in [-0.4, -0.2) is 20.6 Å². The molecule has 0 unspecified atom stereocenters. The van der Waals surface area contributed by atoms with Gasteiger partial charge in [0.2, 0.25) is 10.0 Å². The largest absolute Gasteiger partial charge is 0.489 e. The number of sulfonamides is 1. The summed E-state index contributed by atoms with van der Waals surface area (Å²) in [5.74, 6) is -2.64. The fourth-order valence-electron chi connectivity index (χ4n) is 2.27. The Morgan fingerprint density at radius 3 is 2.20 bits per heavy atom. The number of benzene rings is 2. The van der Waals surface area contributed by atoms with Gasteiger partial charge in [0, 0.05) is 5.56 Å². The predicted molar refractivity (Wildman–Crippen MR) is 88.9 cm³/mol. The number of hydrogen-bond acceptors (Lipinski definition) is 4. The van der Waals surface area contributed by atoms with Gasteiger partial charge in [-0.25, -0.2) is 21.9 Å². The molecule has 8 heteroatoms. The van der Waals surface area contributed by atoms with Crippen molar-refractivity contribution in [2.75, 3.05) is 6.26 Å². The van der Waals surface area contributed by atoms with Gasteiger partial charge >= 0.3 is 0 Å². The molecule has 25 heavy (non-hydrogen) atoms. The molecule has 0 saturated heterocycles. The summed E-state index contributed by atoms with van der Waals surface area (Å²) in [7, 11) is -3.88. The topological polar surface area (TPSA) is 72.5 Å². The maximum atomic E-state index is 14.1. The van der Waals surface area contributed by atoms with E-state index in [2.05, 4.69) is 0 Å². The van der Waals surface area contributed by atoms with Crippen LogP contribution >= 0.6 is 0 Å². The van der Waals surface area contributed by atoms with Crippen molar-refractivity contribution < 1.29 is 26.7 Å². The Kier molecular flexibility index (Phi) is 5.42. The fourth-order valence-corrected chi connectivity index (χ4v) is 2.72. The van der Waals surface area contributed by atoms with Crippen LogP contribution in [-0.2, 0) is 16.6 Å². The van der Waals surface area contributed by atoms with Gasteiger partial charge in [0.05, 0.1) is 11.8 Å². The molecule has 0 aliphatic carbocycles. The SMILES string of the molecule is Cc1cc(C)cc(OCc2cc(F)c(C(=O)NS(C)(=O)=O)cc2F)c1. The number of aryl methyl sites for hydroxylation is 2. The normalized spacial score (nSPS) is 11.2. The van der Waals surface area contributed by atoms with Crippen LogP contribution in [0.2, 0.25) is 0 Å². The third kappa shape index (κ3) is 5.25. The fraction of sp³-hybridized carbons (Fsp3) is 0.235. The van der Waals surface area contributed by atoms with Crippen molar-refractivity contribution in [1.29, 1.82) is 0 Å². The van der Waals surface area contributed by atoms with Crippen LogP contribution in [0.1, 0.15) is 27.0 Å². The van der Waals surface area contributed by atoms with Gasteiger partial charge in [-0.2, -0.15) is 0 Å². The van der Waals surface area contributed by atoms with Crippen molar-refractivity contribution in [2.45, 2.75) is 20.5 Å². The summed E-state index contributed by atoms with van der Waals surface area (Å²) in [5, 5.41) is 0. The van der Waals surface area contributed by atoms with Crippen LogP contribution in [0, 0.1) is 25.5 Å². The molecule has 0 radical (unpaired) electrons. The van der Waals surface area contributed by atoms with Crippen molar-refractivity contribution in [1.82, 2.24) is 4.72 Å². The number of amides is 1. The lowest BCUT2D eigenvalue weighted by molar-refractivity contribution is 0.0977. The number of carbonyl (C=O) groups excluding carboxylic acids is 1. The summed E-state index contributed by atoms with van der Waals surface area (Å²) in [5.41, 5.74) is 1.15. The van der Waals surface area contributed by atoms with E-state index in [1.807, 2.05) is 19.9 Å². The van der Waals surface area contributed by atoms with Crippen LogP contribution < -0.4 is 9.46 Å². The lowest BCUT2D eigenvalue weighted by Gasteiger charge is -2.11. The number of carbonyl (C=O) groups is 1. The number of rotatable bonds is 5. The first kappa shape index (κ1) is 18.9. The van der Waals surface area contributed by atoms with Crippen LogP contribution in [0.15, 0.2) is 30.3 Å². The van der Waals surface area contributed by atoms with Gasteiger partial charge in [-0.05, 0) is 49.2 Å². The zero-order chi connectivity index (χ0) is 18.8. The van der Waals surface area contributed by atoms with E-state index >= 15 is 0 Å². The molecule has 2 rings (SSSR count). The molecule has 0 spiro atoms. The summed E-state index contributed by atoms with van der Waals surface area (Å²) < 4.78 is 57.2. The van der Waals surface area contributed by atoms with E-state index in [0.29, 0.717) is 11.8 Å². The highest BCUT2D eigenvalue weighted by Gasteiger charge is 2.19. The molecular formula is C17H17F2NO4S. The standard InChI is InChI=1S/C17H17F2NO4S/c1-10-4-11(2)6-13(5-10)24-9-12-7-16(19)14(8-15(12)18)17(21)20-25(3,22)23/h4-8H,9H2,1-3H3,(H,20,21). The molecule has 1 amide bonds. The van der Waals surface area contributed by atoms with Crippen LogP contribution in [0.3, 0.4) is 0 Å². The molecule has 0 aromatic heterocycles. The van der Waals surface area contributed by atoms with Gasteiger partial charge < -0.3 is 4.74 Å². The lowest BCUT2D eigenvalue weighted by Crippen LogP contribution is -2.30. The monoisotopic (exact) mass is 369 g/mol. The molecule has 0 atom stereocenters. The van der Waals surface area contributed by atoms with Gasteiger partial charge in [-0.1, -0.05) is 6.07 Å². The average Bonchev–Trinajstić information content (AvgIpc) is 2.44. The number of nitrogens with one attached hydrogen (secondary N) is 1. The highest BCUT2D eigenvalue weighted by atomic mass is 32.2. The third-order valence-corrected chi connectivity index (χ3v) is 3.80. The van der Waals surface area contributed by atoms with Crippen molar-refractivity contribution >= 4 is 15.9 Å². The molecule has 5 nitrogen and oxygen atoms in total. The summed E-state index contributed by atoms with van der Waals surface area (Å²) >= 11 is 0. The van der Waals surface area contributed by atoms with Gasteiger partial charge in [-0.15, -0.1) is 0 Å². The van der Waals surface area contributed by atoms with Gasteiger partial charge in [0.25, 0.3) is 5.91 Å². The minimum absolute atomic E-state index is 0.0902. The number of ether oxygens (including phenoxy) is 1. The molecule has 2 aromatic carbocycles. The van der Waals surface area contributed by atoms with E-state index in [1.165, 1.54) is 0 Å². The third-order valence-electron chi connectivity index (χ3n) is 3.25. The van der Waals surface area contributed by atoms with E-state index in [9.17, 15) is 22.0 Å². The first-order chi connectivity index (χ1) is 11.5. The molecule has 134 valence electrons. The number of hydrogen-bond donors (Lipinski definition) is 1. The Morgan fingerprint density at radius 2 is 1.64 bits per heavy atom. The second kappa shape index (κ2) is 7.18. The van der Waals surface area contributed by atoms with E-state index in [4.69, 9.17) is 4.74 Å². The second-order valence-electron chi connectivity index (χ2n) is 5.74. The highest BCUT2D eigenvalue weighted by Crippen LogP contribution is 2.20. The summed E-state index contributed by atoms with van der Waals surface area (Å²) in [6.45, 7) is 3.53. The smallest absolute Gasteiger partial charge is 0.267 e. The van der Waals surface area contributed by atoms with Crippen molar-refractivity contribution in [3.05, 3.63) is 64.2 Å². The van der Waals surface area contributed by atoms with Crippen LogP contribution in [0.4, 0.5) is 8.78 Å². The first-order valence-corrected chi connectivity index (χ1v) is 9.15. The second-order valence-corrected chi connectivity index (χ2v) is 7.49. The quantitative estimate of drug-likeness (QED) is 0.880. The predicted octanol–water partition coefficient (Wildman–Crippen LogP) is 2.85. The molecule has 0 saturated carbocycles. The van der Waals surface area contributed by atoms with Gasteiger partial charge in [-0.3, -0.25) is 4.79 Å². The lowest BCUT2D eigenvalue weighted by atomic mass is 10.1. The Balaban J connectivity index is 2.20. The molecule has 0 heterocycles. The summed E-state index contributed by atoms with van der Waals surface area (Å²) in [6.07, 6.45) is 0.741. The molecule has 0 aliphatic heterocycles. The maximum Gasteiger partial charge on any atom is 0.267 e. The van der Waals surface area contributed by atoms with Gasteiger partial charge in [0.1, 0.15) is 24.0 Å². The molecule has 0 aliphatic rings. The van der Waals surface area contributed by atoms with E-state index in [1.54, 1.807) is 16.9 Å². The molecule has 0 fully saturated rings. The van der Waals surface area contributed by atoms with Crippen LogP contribution in [0.5, 0.6) is 5.75 Å². The highest BCUT2D eigenvalue weighted by molar-refractivity contribution is 7.89. The summed E-state index contributed by atoms with van der Waals surface area (Å²) in [6, 6.07) is 6.93. The number of halogens is 2. The first-order valence-electron chi connectivity index (χ1n) is 7.26. The molecule has 1 N–H and O–H groups in total. The zero-order valence-electron chi connectivity index (χ0n) is 13.9. The van der Waals surface area contributed by atoms with E-state index < -0.39 is 33.1 Å². The zero-order valence-corrected chi connectivity index (χ0v) is 14.7. The minimum atomic E-state index is -3.88. The van der Waals surface area contributed by atoms with Crippen molar-refractivity contribution in [3.8, 4) is 5.75 Å². The Bertz CT molecular complexity index is 906.